The number of carbonyl (C=O) groups excluding carboxylic acids is 1. The molecule has 0 saturated carbocycles. The van der Waals surface area contributed by atoms with Crippen LogP contribution in [0, 0.1) is 5.82 Å². The maximum Gasteiger partial charge on any atom is 0.337 e. The molecule has 0 atom stereocenters. The van der Waals surface area contributed by atoms with Gasteiger partial charge in [-0.15, -0.1) is 5.10 Å². The molecule has 0 radical (unpaired) electrons. The zero-order valence-electron chi connectivity index (χ0n) is 11.1. The number of carbonyl (C=O) groups is 1. The van der Waals surface area contributed by atoms with Gasteiger partial charge in [-0.05, 0) is 23.8 Å². The first-order chi connectivity index (χ1) is 9.63. The van der Waals surface area contributed by atoms with Gasteiger partial charge in [0.2, 0.25) is 5.16 Å². The van der Waals surface area contributed by atoms with Crippen LogP contribution >= 0.6 is 11.8 Å². The summed E-state index contributed by atoms with van der Waals surface area (Å²) < 4.78 is 18.3. The maximum atomic E-state index is 13.7. The standard InChI is InChI=1S/C13H14FN3O2S/c1-3-11-15-13(17-16-11)20-7-9-6-8(12(18)19-2)4-5-10(9)14/h4-6H,3,7H2,1-2H3,(H,15,16,17). The molecule has 0 aliphatic heterocycles. The van der Waals surface area contributed by atoms with Crippen molar-refractivity contribution in [2.45, 2.75) is 24.3 Å². The lowest BCUT2D eigenvalue weighted by Crippen LogP contribution is -2.02. The van der Waals surface area contributed by atoms with Crippen LogP contribution in [-0.4, -0.2) is 28.3 Å². The lowest BCUT2D eigenvalue weighted by molar-refractivity contribution is 0.0600. The number of aromatic nitrogens is 3. The van der Waals surface area contributed by atoms with Gasteiger partial charge in [-0.1, -0.05) is 18.7 Å². The smallest absolute Gasteiger partial charge is 0.337 e. The Balaban J connectivity index is 2.10. The van der Waals surface area contributed by atoms with E-state index < -0.39 is 5.97 Å². The monoisotopic (exact) mass is 295 g/mol. The molecule has 2 rings (SSSR count). The highest BCUT2D eigenvalue weighted by Gasteiger charge is 2.11. The highest BCUT2D eigenvalue weighted by atomic mass is 32.2. The molecular weight excluding hydrogens is 281 g/mol. The number of methoxy groups -OCH3 is 1. The van der Waals surface area contributed by atoms with Crippen molar-refractivity contribution in [1.82, 2.24) is 15.2 Å². The van der Waals surface area contributed by atoms with E-state index in [0.29, 0.717) is 22.0 Å². The van der Waals surface area contributed by atoms with Gasteiger partial charge in [0, 0.05) is 12.2 Å². The Hall–Kier alpha value is -1.89. The summed E-state index contributed by atoms with van der Waals surface area (Å²) in [5.74, 6) is 0.285. The van der Waals surface area contributed by atoms with Crippen LogP contribution in [0.25, 0.3) is 0 Å². The van der Waals surface area contributed by atoms with Crippen LogP contribution in [0.1, 0.15) is 28.7 Å². The van der Waals surface area contributed by atoms with E-state index in [-0.39, 0.29) is 5.82 Å². The molecule has 1 N–H and O–H groups in total. The summed E-state index contributed by atoms with van der Waals surface area (Å²) in [6.45, 7) is 1.97. The lowest BCUT2D eigenvalue weighted by Gasteiger charge is -2.04. The van der Waals surface area contributed by atoms with E-state index in [1.807, 2.05) is 6.92 Å². The summed E-state index contributed by atoms with van der Waals surface area (Å²) >= 11 is 1.31. The first kappa shape index (κ1) is 14.5. The normalized spacial score (nSPS) is 10.6. The second kappa shape index (κ2) is 6.51. The fourth-order valence-corrected chi connectivity index (χ4v) is 2.36. The van der Waals surface area contributed by atoms with Gasteiger partial charge in [0.15, 0.2) is 0 Å². The van der Waals surface area contributed by atoms with E-state index >= 15 is 0 Å². The molecular formula is C13H14FN3O2S. The Bertz CT molecular complexity index is 615. The number of nitrogens with one attached hydrogen (secondary N) is 1. The first-order valence-electron chi connectivity index (χ1n) is 6.04. The Morgan fingerprint density at radius 2 is 2.30 bits per heavy atom. The van der Waals surface area contributed by atoms with Gasteiger partial charge in [0.25, 0.3) is 0 Å². The molecule has 2 aromatic rings. The highest BCUT2D eigenvalue weighted by Crippen LogP contribution is 2.22. The molecule has 5 nitrogen and oxygen atoms in total. The van der Waals surface area contributed by atoms with E-state index in [4.69, 9.17) is 0 Å². The number of hydrogen-bond donors (Lipinski definition) is 1. The van der Waals surface area contributed by atoms with Crippen molar-refractivity contribution in [1.29, 1.82) is 0 Å². The van der Waals surface area contributed by atoms with E-state index in [0.717, 1.165) is 12.2 Å². The molecule has 0 saturated heterocycles. The van der Waals surface area contributed by atoms with Crippen molar-refractivity contribution in [2.24, 2.45) is 0 Å². The lowest BCUT2D eigenvalue weighted by atomic mass is 10.1. The van der Waals surface area contributed by atoms with Crippen molar-refractivity contribution in [3.63, 3.8) is 0 Å². The number of esters is 1. The third-order valence-electron chi connectivity index (χ3n) is 2.67. The molecule has 1 aromatic carbocycles. The molecule has 7 heteroatoms. The SMILES string of the molecule is CCc1nc(SCc2cc(C(=O)OC)ccc2F)n[nH]1. The van der Waals surface area contributed by atoms with E-state index in [2.05, 4.69) is 19.9 Å². The zero-order valence-corrected chi connectivity index (χ0v) is 12.0. The topological polar surface area (TPSA) is 67.9 Å². The van der Waals surface area contributed by atoms with Crippen LogP contribution in [0.5, 0.6) is 0 Å². The minimum Gasteiger partial charge on any atom is -0.465 e. The highest BCUT2D eigenvalue weighted by molar-refractivity contribution is 7.98. The molecule has 0 aliphatic rings. The zero-order chi connectivity index (χ0) is 14.5. The van der Waals surface area contributed by atoms with Crippen LogP contribution in [0.15, 0.2) is 23.4 Å². The molecule has 1 heterocycles. The Morgan fingerprint density at radius 3 is 2.95 bits per heavy atom. The second-order valence-corrected chi connectivity index (χ2v) is 4.95. The summed E-state index contributed by atoms with van der Waals surface area (Å²) in [5.41, 5.74) is 0.745. The van der Waals surface area contributed by atoms with Gasteiger partial charge in [0.05, 0.1) is 12.7 Å². The molecule has 0 spiro atoms. The van der Waals surface area contributed by atoms with Gasteiger partial charge in [-0.25, -0.2) is 14.2 Å². The third-order valence-corrected chi connectivity index (χ3v) is 3.57. The Morgan fingerprint density at radius 1 is 1.50 bits per heavy atom. The van der Waals surface area contributed by atoms with Crippen LogP contribution in [0.3, 0.4) is 0 Å². The number of halogens is 1. The summed E-state index contributed by atoms with van der Waals surface area (Å²) in [6, 6.07) is 4.15. The van der Waals surface area contributed by atoms with Crippen molar-refractivity contribution >= 4 is 17.7 Å². The second-order valence-electron chi connectivity index (χ2n) is 4.00. The summed E-state index contributed by atoms with van der Waals surface area (Å²) in [6.07, 6.45) is 0.764. The molecule has 0 aliphatic carbocycles. The van der Waals surface area contributed by atoms with Crippen molar-refractivity contribution in [3.05, 3.63) is 41.0 Å². The molecule has 0 fully saturated rings. The molecule has 0 bridgehead atoms. The van der Waals surface area contributed by atoms with E-state index in [9.17, 15) is 9.18 Å². The quantitative estimate of drug-likeness (QED) is 0.678. The van der Waals surface area contributed by atoms with Gasteiger partial charge < -0.3 is 4.74 Å². The molecule has 0 unspecified atom stereocenters. The number of thioether (sulfide) groups is 1. The molecule has 20 heavy (non-hydrogen) atoms. The number of aromatic amines is 1. The Kier molecular flexibility index (Phi) is 4.73. The number of nitrogens with zero attached hydrogens (tertiary/aromatic N) is 2. The van der Waals surface area contributed by atoms with E-state index in [1.165, 1.54) is 37.1 Å². The fourth-order valence-electron chi connectivity index (χ4n) is 1.57. The summed E-state index contributed by atoms with van der Waals surface area (Å²) in [4.78, 5) is 15.6. The largest absolute Gasteiger partial charge is 0.465 e. The van der Waals surface area contributed by atoms with Gasteiger partial charge in [-0.3, -0.25) is 5.10 Å². The predicted molar refractivity (Wildman–Crippen MR) is 73.1 cm³/mol. The number of hydrogen-bond acceptors (Lipinski definition) is 5. The number of aryl methyl sites for hydroxylation is 1. The number of benzene rings is 1. The van der Waals surface area contributed by atoms with Crippen LogP contribution in [-0.2, 0) is 16.9 Å². The average molecular weight is 295 g/mol. The fraction of sp³-hybridized carbons (Fsp3) is 0.308. The minimum absolute atomic E-state index is 0.328. The maximum absolute atomic E-state index is 13.7. The first-order valence-corrected chi connectivity index (χ1v) is 7.03. The van der Waals surface area contributed by atoms with Crippen LogP contribution < -0.4 is 0 Å². The molecule has 1 aromatic heterocycles. The summed E-state index contributed by atoms with van der Waals surface area (Å²) in [7, 11) is 1.29. The van der Waals surface area contributed by atoms with Gasteiger partial charge in [-0.2, -0.15) is 0 Å². The van der Waals surface area contributed by atoms with E-state index in [1.54, 1.807) is 0 Å². The number of rotatable bonds is 5. The Labute approximate surface area is 119 Å². The summed E-state index contributed by atoms with van der Waals surface area (Å²) in [5, 5.41) is 7.37. The minimum atomic E-state index is -0.484. The molecule has 106 valence electrons. The number of ether oxygens (including phenoxy) is 1. The van der Waals surface area contributed by atoms with Gasteiger partial charge >= 0.3 is 5.97 Å². The van der Waals surface area contributed by atoms with Crippen molar-refractivity contribution in [2.75, 3.05) is 7.11 Å². The predicted octanol–water partition coefficient (Wildman–Crippen LogP) is 2.59. The van der Waals surface area contributed by atoms with Crippen LogP contribution in [0.4, 0.5) is 4.39 Å². The van der Waals surface area contributed by atoms with Crippen molar-refractivity contribution in [3.8, 4) is 0 Å². The van der Waals surface area contributed by atoms with Crippen molar-refractivity contribution < 1.29 is 13.9 Å². The molecule has 0 amide bonds. The number of H-pyrrole nitrogens is 1. The van der Waals surface area contributed by atoms with Gasteiger partial charge in [0.1, 0.15) is 11.6 Å². The third kappa shape index (κ3) is 3.36. The average Bonchev–Trinajstić information content (AvgIpc) is 2.93. The van der Waals surface area contributed by atoms with Crippen LogP contribution in [0.2, 0.25) is 0 Å².